The molecule has 0 bridgehead atoms. The zero-order valence-electron chi connectivity index (χ0n) is 10.0. The molecule has 0 aliphatic rings. The lowest BCUT2D eigenvalue weighted by molar-refractivity contribution is -0.120. The predicted octanol–water partition coefficient (Wildman–Crippen LogP) is 1.77. The number of carbonyl (C=O) groups excluding carboxylic acids is 1. The molecule has 0 heterocycles. The number of amides is 1. The molecule has 0 aliphatic carbocycles. The number of hydrogen-bond acceptors (Lipinski definition) is 3. The molecule has 1 amide bonds. The Balaban J connectivity index is 2.49. The number of benzene rings is 1. The molecule has 0 aromatic heterocycles. The molecule has 1 aromatic carbocycles. The van der Waals surface area contributed by atoms with E-state index >= 15 is 0 Å². The van der Waals surface area contributed by atoms with Gasteiger partial charge in [0.05, 0.1) is 12.8 Å². The van der Waals surface area contributed by atoms with Crippen molar-refractivity contribution in [3.8, 4) is 5.75 Å². The minimum absolute atomic E-state index is 0.0129. The van der Waals surface area contributed by atoms with Crippen molar-refractivity contribution >= 4 is 11.6 Å². The zero-order valence-corrected chi connectivity index (χ0v) is 10.0. The van der Waals surface area contributed by atoms with Crippen molar-refractivity contribution in [3.05, 3.63) is 24.0 Å². The van der Waals surface area contributed by atoms with Crippen LogP contribution in [0.1, 0.15) is 13.3 Å². The summed E-state index contributed by atoms with van der Waals surface area (Å²) in [5.41, 5.74) is 0.679. The molecule has 2 N–H and O–H groups in total. The van der Waals surface area contributed by atoms with Gasteiger partial charge in [-0.2, -0.15) is 0 Å². The highest BCUT2D eigenvalue weighted by Crippen LogP contribution is 2.24. The molecule has 0 saturated heterocycles. The molecule has 0 radical (unpaired) electrons. The Morgan fingerprint density at radius 1 is 1.47 bits per heavy atom. The Hall–Kier alpha value is -1.78. The fourth-order valence-corrected chi connectivity index (χ4v) is 1.41. The second kappa shape index (κ2) is 6.73. The molecule has 17 heavy (non-hydrogen) atoms. The molecule has 0 fully saturated rings. The van der Waals surface area contributed by atoms with Crippen LogP contribution in [0.3, 0.4) is 0 Å². The molecule has 1 rings (SSSR count). The van der Waals surface area contributed by atoms with Crippen LogP contribution in [0.4, 0.5) is 10.1 Å². The van der Waals surface area contributed by atoms with Crippen LogP contribution in [-0.4, -0.2) is 26.1 Å². The first-order chi connectivity index (χ1) is 8.17. The normalized spacial score (nSPS) is 9.82. The van der Waals surface area contributed by atoms with E-state index in [2.05, 4.69) is 10.6 Å². The SMILES string of the molecule is CCNC(=O)CCNc1ccc(F)cc1OC. The first kappa shape index (κ1) is 13.3. The maximum absolute atomic E-state index is 12.9. The number of rotatable bonds is 6. The highest BCUT2D eigenvalue weighted by molar-refractivity contribution is 5.76. The van der Waals surface area contributed by atoms with Gasteiger partial charge in [0, 0.05) is 25.6 Å². The quantitative estimate of drug-likeness (QED) is 0.796. The summed E-state index contributed by atoms with van der Waals surface area (Å²) in [5, 5.41) is 5.73. The van der Waals surface area contributed by atoms with Gasteiger partial charge in [-0.1, -0.05) is 0 Å². The number of ether oxygens (including phenoxy) is 1. The average Bonchev–Trinajstić information content (AvgIpc) is 2.31. The van der Waals surface area contributed by atoms with Crippen molar-refractivity contribution in [3.63, 3.8) is 0 Å². The molecular formula is C12H17FN2O2. The minimum Gasteiger partial charge on any atom is -0.494 e. The lowest BCUT2D eigenvalue weighted by atomic mass is 10.2. The molecular weight excluding hydrogens is 223 g/mol. The second-order valence-corrected chi connectivity index (χ2v) is 3.47. The van der Waals surface area contributed by atoms with Gasteiger partial charge in [-0.3, -0.25) is 4.79 Å². The minimum atomic E-state index is -0.351. The van der Waals surface area contributed by atoms with Crippen molar-refractivity contribution < 1.29 is 13.9 Å². The lowest BCUT2D eigenvalue weighted by Gasteiger charge is -2.10. The van der Waals surface area contributed by atoms with Crippen molar-refractivity contribution in [2.75, 3.05) is 25.5 Å². The Morgan fingerprint density at radius 3 is 2.88 bits per heavy atom. The topological polar surface area (TPSA) is 50.4 Å². The van der Waals surface area contributed by atoms with E-state index in [9.17, 15) is 9.18 Å². The van der Waals surface area contributed by atoms with Gasteiger partial charge in [0.25, 0.3) is 0 Å². The molecule has 94 valence electrons. The summed E-state index contributed by atoms with van der Waals surface area (Å²) in [4.78, 5) is 11.2. The van der Waals surface area contributed by atoms with Crippen LogP contribution in [0.25, 0.3) is 0 Å². The molecule has 0 atom stereocenters. The number of methoxy groups -OCH3 is 1. The molecule has 0 aliphatic heterocycles. The van der Waals surface area contributed by atoms with Crippen molar-refractivity contribution in [2.45, 2.75) is 13.3 Å². The third-order valence-corrected chi connectivity index (χ3v) is 2.21. The van der Waals surface area contributed by atoms with E-state index in [1.807, 2.05) is 6.92 Å². The van der Waals surface area contributed by atoms with E-state index in [-0.39, 0.29) is 11.7 Å². The van der Waals surface area contributed by atoms with Crippen LogP contribution in [0.15, 0.2) is 18.2 Å². The fourth-order valence-electron chi connectivity index (χ4n) is 1.41. The van der Waals surface area contributed by atoms with Gasteiger partial charge < -0.3 is 15.4 Å². The third kappa shape index (κ3) is 4.30. The summed E-state index contributed by atoms with van der Waals surface area (Å²) < 4.78 is 17.9. The van der Waals surface area contributed by atoms with Crippen LogP contribution < -0.4 is 15.4 Å². The molecule has 4 nitrogen and oxygen atoms in total. The number of halogens is 1. The van der Waals surface area contributed by atoms with Gasteiger partial charge in [0.1, 0.15) is 11.6 Å². The standard InChI is InChI=1S/C12H17FN2O2/c1-3-14-12(16)6-7-15-10-5-4-9(13)8-11(10)17-2/h4-5,8,15H,3,6-7H2,1-2H3,(H,14,16). The molecule has 0 saturated carbocycles. The van der Waals surface area contributed by atoms with E-state index in [0.29, 0.717) is 30.9 Å². The van der Waals surface area contributed by atoms with Gasteiger partial charge in [-0.05, 0) is 19.1 Å². The van der Waals surface area contributed by atoms with Crippen molar-refractivity contribution in [1.29, 1.82) is 0 Å². The van der Waals surface area contributed by atoms with E-state index in [0.717, 1.165) is 0 Å². The van der Waals surface area contributed by atoms with Crippen molar-refractivity contribution in [1.82, 2.24) is 5.32 Å². The molecule has 5 heteroatoms. The van der Waals surface area contributed by atoms with Gasteiger partial charge in [0.15, 0.2) is 0 Å². The summed E-state index contributed by atoms with van der Waals surface area (Å²) >= 11 is 0. The number of nitrogens with one attached hydrogen (secondary N) is 2. The number of carbonyl (C=O) groups is 1. The monoisotopic (exact) mass is 240 g/mol. The summed E-state index contributed by atoms with van der Waals surface area (Å²) in [7, 11) is 1.48. The van der Waals surface area contributed by atoms with E-state index in [4.69, 9.17) is 4.74 Å². The Morgan fingerprint density at radius 2 is 2.24 bits per heavy atom. The smallest absolute Gasteiger partial charge is 0.221 e. The third-order valence-electron chi connectivity index (χ3n) is 2.21. The Labute approximate surface area is 100 Å². The van der Waals surface area contributed by atoms with Crippen LogP contribution in [0, 0.1) is 5.82 Å². The summed E-state index contributed by atoms with van der Waals surface area (Å²) in [6.07, 6.45) is 0.369. The Kier molecular flexibility index (Phi) is 5.26. The predicted molar refractivity (Wildman–Crippen MR) is 64.7 cm³/mol. The van der Waals surface area contributed by atoms with Gasteiger partial charge in [0.2, 0.25) is 5.91 Å². The van der Waals surface area contributed by atoms with Crippen LogP contribution >= 0.6 is 0 Å². The van der Waals surface area contributed by atoms with Crippen molar-refractivity contribution in [2.24, 2.45) is 0 Å². The first-order valence-corrected chi connectivity index (χ1v) is 5.51. The highest BCUT2D eigenvalue weighted by Gasteiger charge is 2.05. The molecule has 0 unspecified atom stereocenters. The number of anilines is 1. The largest absolute Gasteiger partial charge is 0.494 e. The maximum atomic E-state index is 12.9. The summed E-state index contributed by atoms with van der Waals surface area (Å²) in [6.45, 7) is 2.97. The average molecular weight is 240 g/mol. The van der Waals surface area contributed by atoms with Crippen LogP contribution in [-0.2, 0) is 4.79 Å². The van der Waals surface area contributed by atoms with Gasteiger partial charge in [-0.15, -0.1) is 0 Å². The number of hydrogen-bond donors (Lipinski definition) is 2. The van der Waals surface area contributed by atoms with Gasteiger partial charge >= 0.3 is 0 Å². The highest BCUT2D eigenvalue weighted by atomic mass is 19.1. The van der Waals surface area contributed by atoms with E-state index in [1.54, 1.807) is 6.07 Å². The van der Waals surface area contributed by atoms with Gasteiger partial charge in [-0.25, -0.2) is 4.39 Å². The van der Waals surface area contributed by atoms with Crippen LogP contribution in [0.5, 0.6) is 5.75 Å². The van der Waals surface area contributed by atoms with Crippen LogP contribution in [0.2, 0.25) is 0 Å². The first-order valence-electron chi connectivity index (χ1n) is 5.51. The summed E-state index contributed by atoms with van der Waals surface area (Å²) in [6, 6.07) is 4.23. The lowest BCUT2D eigenvalue weighted by Crippen LogP contribution is -2.24. The second-order valence-electron chi connectivity index (χ2n) is 3.47. The fraction of sp³-hybridized carbons (Fsp3) is 0.417. The molecule has 1 aromatic rings. The van der Waals surface area contributed by atoms with E-state index in [1.165, 1.54) is 19.2 Å². The summed E-state index contributed by atoms with van der Waals surface area (Å²) in [5.74, 6) is 0.0677. The maximum Gasteiger partial charge on any atom is 0.221 e. The zero-order chi connectivity index (χ0) is 12.7. The Bertz CT molecular complexity index is 383. The molecule has 0 spiro atoms. The van der Waals surface area contributed by atoms with E-state index < -0.39 is 0 Å².